The molecule has 0 aliphatic heterocycles. The molecule has 0 radical (unpaired) electrons. The number of methoxy groups -OCH3 is 3. The lowest BCUT2D eigenvalue weighted by Crippen LogP contribution is -2.47. The zero-order chi connectivity index (χ0) is 29.8. The smallest absolute Gasteiger partial charge is 0.323 e. The Hall–Kier alpha value is -3.38. The molecule has 216 valence electrons. The summed E-state index contributed by atoms with van der Waals surface area (Å²) >= 11 is 0. The molecule has 1 unspecified atom stereocenters. The molecule has 0 saturated heterocycles. The molecule has 9 heteroatoms. The van der Waals surface area contributed by atoms with Gasteiger partial charge in [-0.2, -0.15) is 0 Å². The zero-order valence-electron chi connectivity index (χ0n) is 24.9. The molecule has 0 heterocycles. The number of nitrogens with one attached hydrogen (secondary N) is 1. The second kappa shape index (κ2) is 15.3. The Morgan fingerprint density at radius 3 is 1.97 bits per heavy atom. The largest absolute Gasteiger partial charge is 0.468 e. The Bertz CT molecular complexity index is 1050. The Balaban J connectivity index is 2.94. The van der Waals surface area contributed by atoms with E-state index in [0.717, 1.165) is 11.1 Å². The molecule has 9 nitrogen and oxygen atoms in total. The summed E-state index contributed by atoms with van der Waals surface area (Å²) in [5, 5.41) is 2.97. The van der Waals surface area contributed by atoms with Crippen LogP contribution in [0.15, 0.2) is 18.2 Å². The van der Waals surface area contributed by atoms with Crippen molar-refractivity contribution in [2.24, 2.45) is 5.41 Å². The first kappa shape index (κ1) is 33.6. The van der Waals surface area contributed by atoms with Gasteiger partial charge in [-0.25, -0.2) is 0 Å². The number of hydrogen-bond acceptors (Lipinski definition) is 8. The van der Waals surface area contributed by atoms with Gasteiger partial charge < -0.3 is 19.5 Å². The molecule has 1 atom stereocenters. The van der Waals surface area contributed by atoms with Gasteiger partial charge in [0, 0.05) is 23.1 Å². The van der Waals surface area contributed by atoms with E-state index in [-0.39, 0.29) is 29.8 Å². The van der Waals surface area contributed by atoms with Crippen LogP contribution in [-0.2, 0) is 34.0 Å². The van der Waals surface area contributed by atoms with Gasteiger partial charge in [0.05, 0.1) is 34.4 Å². The van der Waals surface area contributed by atoms with E-state index in [9.17, 15) is 19.2 Å². The zero-order valence-corrected chi connectivity index (χ0v) is 24.9. The van der Waals surface area contributed by atoms with E-state index < -0.39 is 23.9 Å². The SMILES string of the molecule is COC(=O)CN(CC(=O)OC)C(CCCCNC(=O)c1cc(C#CC(C)(C)C)ccc1C(C)(C)C)C(=O)OC. The number of ether oxygens (including phenoxy) is 3. The fourth-order valence-electron chi connectivity index (χ4n) is 3.81. The number of carbonyl (C=O) groups excluding carboxylic acids is 4. The average Bonchev–Trinajstić information content (AvgIpc) is 2.87. The highest BCUT2D eigenvalue weighted by atomic mass is 16.5. The van der Waals surface area contributed by atoms with Gasteiger partial charge >= 0.3 is 17.9 Å². The number of carbonyl (C=O) groups is 4. The van der Waals surface area contributed by atoms with Crippen molar-refractivity contribution in [3.8, 4) is 11.8 Å². The Labute approximate surface area is 232 Å². The first-order chi connectivity index (χ1) is 18.1. The number of esters is 3. The van der Waals surface area contributed by atoms with Crippen LogP contribution >= 0.6 is 0 Å². The van der Waals surface area contributed by atoms with Gasteiger partial charge in [0.15, 0.2) is 0 Å². The molecule has 0 bridgehead atoms. The molecule has 1 aromatic carbocycles. The second-order valence-electron chi connectivity index (χ2n) is 11.4. The number of amides is 1. The highest BCUT2D eigenvalue weighted by molar-refractivity contribution is 5.96. The van der Waals surface area contributed by atoms with Crippen molar-refractivity contribution in [2.75, 3.05) is 41.0 Å². The van der Waals surface area contributed by atoms with Crippen molar-refractivity contribution in [1.29, 1.82) is 0 Å². The fourth-order valence-corrected chi connectivity index (χ4v) is 3.81. The molecule has 39 heavy (non-hydrogen) atoms. The molecule has 0 aromatic heterocycles. The van der Waals surface area contributed by atoms with Gasteiger partial charge in [-0.3, -0.25) is 24.1 Å². The number of unbranched alkanes of at least 4 members (excludes halogenated alkanes) is 1. The summed E-state index contributed by atoms with van der Waals surface area (Å²) in [6.45, 7) is 12.1. The monoisotopic (exact) mass is 544 g/mol. The maximum Gasteiger partial charge on any atom is 0.323 e. The molecule has 1 N–H and O–H groups in total. The summed E-state index contributed by atoms with van der Waals surface area (Å²) in [5.41, 5.74) is 1.89. The molecular formula is C30H44N2O7. The normalized spacial score (nSPS) is 12.2. The lowest BCUT2D eigenvalue weighted by Gasteiger charge is -2.27. The summed E-state index contributed by atoms with van der Waals surface area (Å²) in [5.74, 6) is 4.42. The van der Waals surface area contributed by atoms with Crippen LogP contribution in [0.4, 0.5) is 0 Å². The van der Waals surface area contributed by atoms with E-state index in [0.29, 0.717) is 31.4 Å². The molecule has 1 aromatic rings. The van der Waals surface area contributed by atoms with E-state index in [1.165, 1.54) is 26.2 Å². The number of nitrogens with zero attached hydrogens (tertiary/aromatic N) is 1. The summed E-state index contributed by atoms with van der Waals surface area (Å²) in [7, 11) is 3.70. The number of hydrogen-bond donors (Lipinski definition) is 1. The Morgan fingerprint density at radius 1 is 0.897 bits per heavy atom. The highest BCUT2D eigenvalue weighted by Crippen LogP contribution is 2.27. The quantitative estimate of drug-likeness (QED) is 0.184. The van der Waals surface area contributed by atoms with Crippen LogP contribution in [0.2, 0.25) is 0 Å². The minimum Gasteiger partial charge on any atom is -0.468 e. The van der Waals surface area contributed by atoms with Gasteiger partial charge in [-0.05, 0) is 63.1 Å². The summed E-state index contributed by atoms with van der Waals surface area (Å²) in [6, 6.07) is 4.88. The summed E-state index contributed by atoms with van der Waals surface area (Å²) in [6.07, 6.45) is 1.40. The van der Waals surface area contributed by atoms with Crippen LogP contribution in [-0.4, -0.2) is 75.7 Å². The summed E-state index contributed by atoms with van der Waals surface area (Å²) < 4.78 is 14.3. The van der Waals surface area contributed by atoms with Crippen LogP contribution in [0.25, 0.3) is 0 Å². The minimum atomic E-state index is -0.852. The summed E-state index contributed by atoms with van der Waals surface area (Å²) in [4.78, 5) is 50.8. The predicted octanol–water partition coefficient (Wildman–Crippen LogP) is 3.47. The van der Waals surface area contributed by atoms with Gasteiger partial charge in [0.25, 0.3) is 5.91 Å². The van der Waals surface area contributed by atoms with Gasteiger partial charge in [-0.15, -0.1) is 0 Å². The molecular weight excluding hydrogens is 500 g/mol. The molecule has 1 amide bonds. The van der Waals surface area contributed by atoms with E-state index in [4.69, 9.17) is 14.2 Å². The van der Waals surface area contributed by atoms with Crippen molar-refractivity contribution >= 4 is 23.8 Å². The first-order valence-electron chi connectivity index (χ1n) is 13.0. The lowest BCUT2D eigenvalue weighted by atomic mass is 9.82. The van der Waals surface area contributed by atoms with Crippen molar-refractivity contribution in [3.63, 3.8) is 0 Å². The topological polar surface area (TPSA) is 111 Å². The van der Waals surface area contributed by atoms with E-state index in [1.54, 1.807) is 0 Å². The number of rotatable bonds is 12. The van der Waals surface area contributed by atoms with Gasteiger partial charge in [0.2, 0.25) is 0 Å². The Morgan fingerprint density at radius 2 is 1.49 bits per heavy atom. The second-order valence-corrected chi connectivity index (χ2v) is 11.4. The average molecular weight is 545 g/mol. The van der Waals surface area contributed by atoms with E-state index in [2.05, 4.69) is 37.9 Å². The lowest BCUT2D eigenvalue weighted by molar-refractivity contribution is -0.153. The maximum atomic E-state index is 13.2. The molecule has 0 spiro atoms. The van der Waals surface area contributed by atoms with Crippen LogP contribution in [0.1, 0.15) is 82.3 Å². The predicted molar refractivity (Wildman–Crippen MR) is 149 cm³/mol. The van der Waals surface area contributed by atoms with Crippen molar-refractivity contribution in [2.45, 2.75) is 72.3 Å². The Kier molecular flexibility index (Phi) is 13.2. The van der Waals surface area contributed by atoms with Crippen molar-refractivity contribution in [1.82, 2.24) is 10.2 Å². The van der Waals surface area contributed by atoms with Crippen LogP contribution < -0.4 is 5.32 Å². The molecule has 0 aliphatic rings. The fraction of sp³-hybridized carbons (Fsp3) is 0.600. The molecule has 0 aliphatic carbocycles. The van der Waals surface area contributed by atoms with Crippen molar-refractivity contribution in [3.05, 3.63) is 34.9 Å². The third-order valence-electron chi connectivity index (χ3n) is 5.88. The standard InChI is InChI=1S/C30H44N2O7/c1-29(2,3)16-15-21-13-14-23(30(4,5)6)22(18-21)27(35)31-17-11-10-12-24(28(36)39-9)32(19-25(33)37-7)20-26(34)38-8/h13-14,18,24H,10-12,17,19-20H2,1-9H3,(H,31,35). The molecule has 0 saturated carbocycles. The van der Waals surface area contributed by atoms with Gasteiger partial charge in [0.1, 0.15) is 6.04 Å². The van der Waals surface area contributed by atoms with Crippen LogP contribution in [0.5, 0.6) is 0 Å². The van der Waals surface area contributed by atoms with E-state index in [1.807, 2.05) is 39.0 Å². The minimum absolute atomic E-state index is 0.156. The molecule has 0 fully saturated rings. The third-order valence-corrected chi connectivity index (χ3v) is 5.88. The van der Waals surface area contributed by atoms with Crippen molar-refractivity contribution < 1.29 is 33.4 Å². The maximum absolute atomic E-state index is 13.2. The van der Waals surface area contributed by atoms with E-state index >= 15 is 0 Å². The number of benzene rings is 1. The highest BCUT2D eigenvalue weighted by Gasteiger charge is 2.30. The van der Waals surface area contributed by atoms with Gasteiger partial charge in [-0.1, -0.05) is 38.7 Å². The third kappa shape index (κ3) is 11.9. The van der Waals surface area contributed by atoms with Crippen LogP contribution in [0.3, 0.4) is 0 Å². The van der Waals surface area contributed by atoms with Crippen LogP contribution in [0, 0.1) is 17.3 Å². The first-order valence-corrected chi connectivity index (χ1v) is 13.0. The molecule has 1 rings (SSSR count).